The number of alkyl halides is 3. The summed E-state index contributed by atoms with van der Waals surface area (Å²) in [7, 11) is 0. The fourth-order valence-electron chi connectivity index (χ4n) is 0.326. The predicted octanol–water partition coefficient (Wildman–Crippen LogP) is 2.31. The van der Waals surface area contributed by atoms with Crippen LogP contribution in [0.25, 0.3) is 0 Å². The van der Waals surface area contributed by atoms with Gasteiger partial charge in [-0.25, -0.2) is 0 Å². The van der Waals surface area contributed by atoms with Crippen LogP contribution in [0, 0.1) is 0 Å². The van der Waals surface area contributed by atoms with E-state index in [4.69, 9.17) is 34.8 Å². The molecule has 0 aliphatic carbocycles. The highest BCUT2D eigenvalue weighted by atomic mass is 35.5. The molecule has 0 spiro atoms. The van der Waals surface area contributed by atoms with Crippen LogP contribution in [-0.4, -0.2) is 15.9 Å². The second kappa shape index (κ2) is 3.65. The lowest BCUT2D eigenvalue weighted by atomic mass is 10.4. The Morgan fingerprint density at radius 2 is 2.00 bits per heavy atom. The smallest absolute Gasteiger partial charge is 0.304 e. The first kappa shape index (κ1) is 10.3. The summed E-state index contributed by atoms with van der Waals surface area (Å²) in [5.41, 5.74) is 0. The zero-order valence-corrected chi connectivity index (χ0v) is 7.80. The van der Waals surface area contributed by atoms with E-state index in [9.17, 15) is 4.79 Å². The van der Waals surface area contributed by atoms with Crippen LogP contribution in [-0.2, 0) is 9.53 Å². The minimum absolute atomic E-state index is 0.510. The average Bonchev–Trinajstić information content (AvgIpc) is 1.60. The molecule has 0 rings (SSSR count). The summed E-state index contributed by atoms with van der Waals surface area (Å²) < 4.78 is 4.56. The Hall–Kier alpha value is 0.340. The van der Waals surface area contributed by atoms with Crippen LogP contribution in [0.15, 0.2) is 0 Å². The van der Waals surface area contributed by atoms with Crippen LogP contribution in [0.5, 0.6) is 0 Å². The molecular weight excluding hydrogens is 198 g/mol. The highest BCUT2D eigenvalue weighted by Crippen LogP contribution is 2.28. The quantitative estimate of drug-likeness (QED) is 0.511. The van der Waals surface area contributed by atoms with Crippen molar-refractivity contribution in [3.05, 3.63) is 0 Å². The SMILES string of the molecule is CC(=O)OC(C)(Cl)C(Cl)Cl. The van der Waals surface area contributed by atoms with E-state index in [-0.39, 0.29) is 0 Å². The van der Waals surface area contributed by atoms with E-state index in [1.54, 1.807) is 0 Å². The molecular formula is C5H7Cl3O2. The van der Waals surface area contributed by atoms with Crippen molar-refractivity contribution in [2.45, 2.75) is 23.7 Å². The van der Waals surface area contributed by atoms with E-state index in [0.29, 0.717) is 0 Å². The number of hydrogen-bond donors (Lipinski definition) is 0. The summed E-state index contributed by atoms with van der Waals surface area (Å²) in [5, 5.41) is -1.32. The first-order chi connectivity index (χ1) is 4.36. The Labute approximate surface area is 74.4 Å². The van der Waals surface area contributed by atoms with E-state index < -0.39 is 15.9 Å². The van der Waals surface area contributed by atoms with Crippen LogP contribution in [0.1, 0.15) is 13.8 Å². The Morgan fingerprint density at radius 1 is 1.60 bits per heavy atom. The fraction of sp³-hybridized carbons (Fsp3) is 0.800. The van der Waals surface area contributed by atoms with Gasteiger partial charge in [0.15, 0.2) is 4.84 Å². The van der Waals surface area contributed by atoms with Crippen molar-refractivity contribution in [1.82, 2.24) is 0 Å². The lowest BCUT2D eigenvalue weighted by Crippen LogP contribution is -2.30. The molecule has 2 nitrogen and oxygen atoms in total. The van der Waals surface area contributed by atoms with Gasteiger partial charge < -0.3 is 4.74 Å². The number of halogens is 3. The third kappa shape index (κ3) is 3.49. The van der Waals surface area contributed by atoms with Gasteiger partial charge in [-0.15, -0.1) is 0 Å². The van der Waals surface area contributed by atoms with E-state index in [1.807, 2.05) is 0 Å². The summed E-state index contributed by atoms with van der Waals surface area (Å²) in [5.74, 6) is -0.510. The molecule has 0 radical (unpaired) electrons. The summed E-state index contributed by atoms with van der Waals surface area (Å²) >= 11 is 16.3. The van der Waals surface area contributed by atoms with E-state index in [0.717, 1.165) is 0 Å². The third-order valence-electron chi connectivity index (χ3n) is 0.733. The topological polar surface area (TPSA) is 26.3 Å². The van der Waals surface area contributed by atoms with Crippen LogP contribution >= 0.6 is 34.8 Å². The Bertz CT molecular complexity index is 133. The average molecular weight is 205 g/mol. The minimum atomic E-state index is -1.32. The van der Waals surface area contributed by atoms with Crippen molar-refractivity contribution < 1.29 is 9.53 Å². The van der Waals surface area contributed by atoms with Gasteiger partial charge in [0.25, 0.3) is 0 Å². The van der Waals surface area contributed by atoms with Gasteiger partial charge in [-0.1, -0.05) is 34.8 Å². The van der Waals surface area contributed by atoms with Crippen LogP contribution in [0.3, 0.4) is 0 Å². The minimum Gasteiger partial charge on any atom is -0.441 e. The van der Waals surface area contributed by atoms with Gasteiger partial charge in [0.1, 0.15) is 0 Å². The monoisotopic (exact) mass is 204 g/mol. The molecule has 0 bridgehead atoms. The van der Waals surface area contributed by atoms with Gasteiger partial charge in [0.2, 0.25) is 5.06 Å². The van der Waals surface area contributed by atoms with Crippen LogP contribution in [0.4, 0.5) is 0 Å². The molecule has 0 amide bonds. The lowest BCUT2D eigenvalue weighted by Gasteiger charge is -2.22. The molecule has 60 valence electrons. The van der Waals surface area contributed by atoms with Crippen molar-refractivity contribution in [2.24, 2.45) is 0 Å². The van der Waals surface area contributed by atoms with Crippen molar-refractivity contribution in [3.8, 4) is 0 Å². The maximum atomic E-state index is 10.3. The zero-order valence-electron chi connectivity index (χ0n) is 5.53. The van der Waals surface area contributed by atoms with Gasteiger partial charge >= 0.3 is 5.97 Å². The van der Waals surface area contributed by atoms with E-state index in [2.05, 4.69) is 4.74 Å². The lowest BCUT2D eigenvalue weighted by molar-refractivity contribution is -0.147. The largest absolute Gasteiger partial charge is 0.441 e. The van der Waals surface area contributed by atoms with Crippen molar-refractivity contribution in [3.63, 3.8) is 0 Å². The number of carbonyl (C=O) groups excluding carboxylic acids is 1. The van der Waals surface area contributed by atoms with Crippen molar-refractivity contribution in [1.29, 1.82) is 0 Å². The summed E-state index contributed by atoms with van der Waals surface area (Å²) in [6.45, 7) is 2.65. The molecule has 0 aliphatic rings. The van der Waals surface area contributed by atoms with Crippen LogP contribution in [0.2, 0.25) is 0 Å². The fourth-order valence-corrected chi connectivity index (χ4v) is 0.523. The number of esters is 1. The third-order valence-corrected chi connectivity index (χ3v) is 2.08. The number of hydrogen-bond acceptors (Lipinski definition) is 2. The zero-order chi connectivity index (χ0) is 8.36. The van der Waals surface area contributed by atoms with Gasteiger partial charge in [0, 0.05) is 6.92 Å². The van der Waals surface area contributed by atoms with Gasteiger partial charge in [-0.3, -0.25) is 4.79 Å². The van der Waals surface area contributed by atoms with E-state index >= 15 is 0 Å². The van der Waals surface area contributed by atoms with Gasteiger partial charge in [-0.2, -0.15) is 0 Å². The first-order valence-electron chi connectivity index (χ1n) is 2.53. The maximum absolute atomic E-state index is 10.3. The van der Waals surface area contributed by atoms with Crippen LogP contribution < -0.4 is 0 Å². The molecule has 0 aromatic rings. The second-order valence-corrected chi connectivity index (χ2v) is 3.73. The maximum Gasteiger partial charge on any atom is 0.304 e. The molecule has 0 aliphatic heterocycles. The highest BCUT2D eigenvalue weighted by Gasteiger charge is 2.32. The normalized spacial score (nSPS) is 16.6. The van der Waals surface area contributed by atoms with Crippen molar-refractivity contribution >= 4 is 40.8 Å². The summed E-state index contributed by atoms with van der Waals surface area (Å²) in [6.07, 6.45) is 0. The Morgan fingerprint density at radius 3 is 2.10 bits per heavy atom. The molecule has 0 fully saturated rings. The summed E-state index contributed by atoms with van der Waals surface area (Å²) in [4.78, 5) is 9.41. The second-order valence-electron chi connectivity index (χ2n) is 1.88. The molecule has 0 N–H and O–H groups in total. The molecule has 0 aromatic heterocycles. The predicted molar refractivity (Wildman–Crippen MR) is 41.5 cm³/mol. The molecule has 5 heteroatoms. The number of carbonyl (C=O) groups is 1. The van der Waals surface area contributed by atoms with Gasteiger partial charge in [0.05, 0.1) is 0 Å². The standard InChI is InChI=1S/C5H7Cl3O2/c1-3(9)10-5(2,8)4(6)7/h4H,1-2H3. The molecule has 1 atom stereocenters. The molecule has 0 aromatic carbocycles. The molecule has 0 heterocycles. The molecule has 0 saturated carbocycles. The molecule has 10 heavy (non-hydrogen) atoms. The highest BCUT2D eigenvalue weighted by molar-refractivity contribution is 6.49. The number of ether oxygens (including phenoxy) is 1. The Balaban J connectivity index is 3.99. The number of rotatable bonds is 2. The van der Waals surface area contributed by atoms with Crippen molar-refractivity contribution in [2.75, 3.05) is 0 Å². The molecule has 0 saturated heterocycles. The van der Waals surface area contributed by atoms with Gasteiger partial charge in [-0.05, 0) is 6.92 Å². The molecule has 1 unspecified atom stereocenters. The first-order valence-corrected chi connectivity index (χ1v) is 3.78. The van der Waals surface area contributed by atoms with E-state index in [1.165, 1.54) is 13.8 Å². The summed E-state index contributed by atoms with van der Waals surface area (Å²) in [6, 6.07) is 0. The Kier molecular flexibility index (Phi) is 3.77.